The van der Waals surface area contributed by atoms with Crippen LogP contribution in [0.4, 0.5) is 20.7 Å². The van der Waals surface area contributed by atoms with Gasteiger partial charge in [0, 0.05) is 61.1 Å². The minimum atomic E-state index is -1.13. The van der Waals surface area contributed by atoms with Crippen molar-refractivity contribution in [3.05, 3.63) is 59.8 Å². The topological polar surface area (TPSA) is 128 Å². The summed E-state index contributed by atoms with van der Waals surface area (Å²) in [6.07, 6.45) is 7.05. The number of aromatic nitrogens is 2. The Hall–Kier alpha value is -4.34. The Balaban J connectivity index is 1.35. The quantitative estimate of drug-likeness (QED) is 0.419. The smallest absolute Gasteiger partial charge is 0.417 e. The number of amides is 3. The fourth-order valence-electron chi connectivity index (χ4n) is 4.76. The zero-order valence-corrected chi connectivity index (χ0v) is 19.8. The summed E-state index contributed by atoms with van der Waals surface area (Å²) in [4.78, 5) is 46.1. The highest BCUT2D eigenvalue weighted by Crippen LogP contribution is 2.40. The number of benzene rings is 1. The fraction of sp³-hybridized carbons (Fsp3) is 0.269. The van der Waals surface area contributed by atoms with E-state index in [-0.39, 0.29) is 23.3 Å². The van der Waals surface area contributed by atoms with Crippen LogP contribution in [-0.2, 0) is 14.3 Å². The molecule has 1 aromatic carbocycles. The minimum absolute atomic E-state index is 0.0258. The number of hydrogen-bond donors (Lipinski definition) is 2. The number of nitrogens with two attached hydrogens (primary N) is 1. The first kappa shape index (κ1) is 23.4. The number of hydrogen-bond acceptors (Lipinski definition) is 7. The van der Waals surface area contributed by atoms with E-state index in [1.165, 1.54) is 19.3 Å². The van der Waals surface area contributed by atoms with Gasteiger partial charge in [0.05, 0.1) is 5.69 Å². The average Bonchev–Trinajstić information content (AvgIpc) is 3.06. The summed E-state index contributed by atoms with van der Waals surface area (Å²) in [6.45, 7) is 1.86. The molecular formula is C26H24FN5O4. The van der Waals surface area contributed by atoms with Crippen molar-refractivity contribution >= 4 is 40.2 Å². The molecule has 184 valence electrons. The van der Waals surface area contributed by atoms with Gasteiger partial charge in [-0.05, 0) is 48.9 Å². The maximum atomic E-state index is 15.0. The maximum Gasteiger partial charge on any atom is 0.417 e. The predicted molar refractivity (Wildman–Crippen MR) is 131 cm³/mol. The summed E-state index contributed by atoms with van der Waals surface area (Å²) < 4.78 is 20.4. The van der Waals surface area contributed by atoms with Crippen molar-refractivity contribution in [3.8, 4) is 11.1 Å². The van der Waals surface area contributed by atoms with Gasteiger partial charge in [0.25, 0.3) is 5.91 Å². The molecule has 0 bridgehead atoms. The zero-order valence-electron chi connectivity index (χ0n) is 19.8. The van der Waals surface area contributed by atoms with Gasteiger partial charge in [-0.25, -0.2) is 19.1 Å². The number of anilines is 2. The molecule has 9 nitrogen and oxygen atoms in total. The summed E-state index contributed by atoms with van der Waals surface area (Å²) >= 11 is 0. The Morgan fingerprint density at radius 3 is 2.64 bits per heavy atom. The lowest BCUT2D eigenvalue weighted by Crippen LogP contribution is -2.41. The number of nitrogens with one attached hydrogen (secondary N) is 1. The van der Waals surface area contributed by atoms with Crippen LogP contribution >= 0.6 is 0 Å². The van der Waals surface area contributed by atoms with Gasteiger partial charge in [-0.2, -0.15) is 0 Å². The van der Waals surface area contributed by atoms with Crippen molar-refractivity contribution in [2.45, 2.75) is 38.2 Å². The Labute approximate surface area is 206 Å². The van der Waals surface area contributed by atoms with Gasteiger partial charge < -0.3 is 15.8 Å². The molecule has 1 aliphatic heterocycles. The molecule has 2 fully saturated rings. The van der Waals surface area contributed by atoms with Crippen LogP contribution in [0.25, 0.3) is 21.9 Å². The van der Waals surface area contributed by atoms with Crippen LogP contribution in [0.1, 0.15) is 31.2 Å². The monoisotopic (exact) mass is 489 g/mol. The van der Waals surface area contributed by atoms with Crippen molar-refractivity contribution in [2.75, 3.05) is 18.1 Å². The highest BCUT2D eigenvalue weighted by molar-refractivity contribution is 6.04. The lowest BCUT2D eigenvalue weighted by Gasteiger charge is -2.30. The lowest BCUT2D eigenvalue weighted by molar-refractivity contribution is -0.137. The van der Waals surface area contributed by atoms with Gasteiger partial charge in [0.1, 0.15) is 5.82 Å². The molecule has 3 N–H and O–H groups in total. The molecule has 36 heavy (non-hydrogen) atoms. The first-order chi connectivity index (χ1) is 17.2. The van der Waals surface area contributed by atoms with E-state index >= 15 is 4.39 Å². The molecule has 3 aromatic rings. The number of rotatable bonds is 3. The van der Waals surface area contributed by atoms with E-state index in [2.05, 4.69) is 15.3 Å². The largest absolute Gasteiger partial charge is 0.432 e. The van der Waals surface area contributed by atoms with Gasteiger partial charge in [-0.15, -0.1) is 0 Å². The van der Waals surface area contributed by atoms with Gasteiger partial charge in [0.2, 0.25) is 5.91 Å². The van der Waals surface area contributed by atoms with Crippen LogP contribution in [0.3, 0.4) is 0 Å². The van der Waals surface area contributed by atoms with Crippen LogP contribution in [0.15, 0.2) is 48.4 Å². The number of imide groups is 1. The molecule has 1 spiro atoms. The molecule has 1 aliphatic carbocycles. The van der Waals surface area contributed by atoms with E-state index in [9.17, 15) is 14.4 Å². The van der Waals surface area contributed by atoms with E-state index in [0.29, 0.717) is 47.6 Å². The van der Waals surface area contributed by atoms with E-state index < -0.39 is 17.5 Å². The predicted octanol–water partition coefficient (Wildman–Crippen LogP) is 4.11. The molecular weight excluding hydrogens is 465 g/mol. The van der Waals surface area contributed by atoms with Crippen LogP contribution in [-0.4, -0.2) is 45.4 Å². The molecule has 3 amide bonds. The molecule has 2 aliphatic rings. The highest BCUT2D eigenvalue weighted by atomic mass is 19.1. The minimum Gasteiger partial charge on any atom is -0.432 e. The number of nitrogens with zero attached hydrogens (tertiary/aromatic N) is 3. The summed E-state index contributed by atoms with van der Waals surface area (Å²) in [5.41, 5.74) is 7.56. The number of nitrogen functional groups attached to an aromatic ring is 1. The normalized spacial score (nSPS) is 19.6. The molecule has 0 unspecified atom stereocenters. The van der Waals surface area contributed by atoms with E-state index in [0.717, 1.165) is 16.0 Å². The van der Waals surface area contributed by atoms with Gasteiger partial charge in [0.15, 0.2) is 11.4 Å². The number of ether oxygens (including phenoxy) is 1. The third-order valence-corrected chi connectivity index (χ3v) is 6.87. The number of halogens is 1. The Kier molecular flexibility index (Phi) is 5.66. The molecule has 0 radical (unpaired) electrons. The molecule has 2 aromatic heterocycles. The molecule has 5 rings (SSSR count). The van der Waals surface area contributed by atoms with Crippen LogP contribution in [0.2, 0.25) is 0 Å². The van der Waals surface area contributed by atoms with Crippen LogP contribution in [0, 0.1) is 12.7 Å². The molecule has 3 heterocycles. The fourth-order valence-corrected chi connectivity index (χ4v) is 4.76. The standard InChI is InChI=1S/C26H24FN5O4/c1-14-5-8-29-12-18(14)17-10-16-11-20(30-13-19(16)23(28)22(17)27)31-21(33)9-15-3-6-26(7-4-15)24(34)32(2)25(35)36-26/h5,8-13H,3-4,6-7,28H2,1-2H3,(H,30,31,33). The second kappa shape index (κ2) is 8.71. The highest BCUT2D eigenvalue weighted by Gasteiger charge is 2.53. The molecule has 10 heteroatoms. The number of carbonyl (C=O) groups excluding carboxylic acids is 3. The lowest BCUT2D eigenvalue weighted by atomic mass is 9.81. The number of carbonyl (C=O) groups is 3. The Bertz CT molecular complexity index is 1460. The van der Waals surface area contributed by atoms with Crippen molar-refractivity contribution in [1.82, 2.24) is 14.9 Å². The Morgan fingerprint density at radius 2 is 1.97 bits per heavy atom. The summed E-state index contributed by atoms with van der Waals surface area (Å²) in [6, 6.07) is 5.09. The molecule has 1 saturated heterocycles. The SMILES string of the molecule is Cc1ccncc1-c1cc2cc(NC(=O)C=C3CCC4(CC3)OC(=O)N(C)C4=O)ncc2c(N)c1F. The van der Waals surface area contributed by atoms with Crippen molar-refractivity contribution in [2.24, 2.45) is 0 Å². The van der Waals surface area contributed by atoms with Crippen molar-refractivity contribution < 1.29 is 23.5 Å². The molecule has 0 atom stereocenters. The van der Waals surface area contributed by atoms with Gasteiger partial charge in [-0.3, -0.25) is 14.6 Å². The van der Waals surface area contributed by atoms with Crippen molar-refractivity contribution in [1.29, 1.82) is 0 Å². The van der Waals surface area contributed by atoms with Gasteiger partial charge in [-0.1, -0.05) is 5.57 Å². The number of aryl methyl sites for hydroxylation is 1. The van der Waals surface area contributed by atoms with E-state index in [1.807, 2.05) is 6.92 Å². The summed E-state index contributed by atoms with van der Waals surface area (Å²) in [7, 11) is 1.40. The second-order valence-corrected chi connectivity index (χ2v) is 9.15. The summed E-state index contributed by atoms with van der Waals surface area (Å²) in [5, 5.41) is 3.79. The van der Waals surface area contributed by atoms with Gasteiger partial charge >= 0.3 is 6.09 Å². The van der Waals surface area contributed by atoms with E-state index in [1.54, 1.807) is 30.6 Å². The third-order valence-electron chi connectivity index (χ3n) is 6.87. The first-order valence-electron chi connectivity index (χ1n) is 11.5. The number of fused-ring (bicyclic) bond motifs is 1. The summed E-state index contributed by atoms with van der Waals surface area (Å²) in [5.74, 6) is -0.973. The van der Waals surface area contributed by atoms with Crippen LogP contribution < -0.4 is 11.1 Å². The average molecular weight is 490 g/mol. The Morgan fingerprint density at radius 1 is 1.22 bits per heavy atom. The molecule has 1 saturated carbocycles. The first-order valence-corrected chi connectivity index (χ1v) is 11.5. The second-order valence-electron chi connectivity index (χ2n) is 9.15. The number of likely N-dealkylation sites (N-methyl/N-ethyl adjacent to an activating group) is 1. The zero-order chi connectivity index (χ0) is 25.6. The van der Waals surface area contributed by atoms with E-state index in [4.69, 9.17) is 10.5 Å². The maximum absolute atomic E-state index is 15.0. The number of pyridine rings is 2. The number of allylic oxidation sites excluding steroid dienone is 1. The van der Waals surface area contributed by atoms with Crippen LogP contribution in [0.5, 0.6) is 0 Å². The third kappa shape index (κ3) is 3.94. The van der Waals surface area contributed by atoms with Crippen molar-refractivity contribution in [3.63, 3.8) is 0 Å².